The minimum absolute atomic E-state index is 0.569. The summed E-state index contributed by atoms with van der Waals surface area (Å²) in [5.41, 5.74) is 6.65. The van der Waals surface area contributed by atoms with Crippen molar-refractivity contribution in [3.8, 4) is 5.75 Å². The molecule has 182 valence electrons. The van der Waals surface area contributed by atoms with Gasteiger partial charge in [-0.05, 0) is 63.2 Å². The van der Waals surface area contributed by atoms with Crippen LogP contribution in [0.4, 0.5) is 17.3 Å². The Morgan fingerprint density at radius 3 is 2.71 bits per heavy atom. The summed E-state index contributed by atoms with van der Waals surface area (Å²) in [7, 11) is 6.06. The molecular formula is C28H34N6O. The number of fused-ring (bicyclic) bond motifs is 1. The molecule has 0 unspecified atom stereocenters. The van der Waals surface area contributed by atoms with Crippen LogP contribution in [0, 0.1) is 6.92 Å². The maximum atomic E-state index is 5.77. The number of para-hydroxylation sites is 1. The maximum Gasteiger partial charge on any atom is 0.227 e. The van der Waals surface area contributed by atoms with Gasteiger partial charge in [0.15, 0.2) is 0 Å². The summed E-state index contributed by atoms with van der Waals surface area (Å²) in [4.78, 5) is 17.4. The zero-order valence-electron chi connectivity index (χ0n) is 21.0. The van der Waals surface area contributed by atoms with E-state index in [0.717, 1.165) is 42.2 Å². The molecule has 0 aliphatic carbocycles. The highest BCUT2D eigenvalue weighted by atomic mass is 16.5. The van der Waals surface area contributed by atoms with Crippen LogP contribution < -0.4 is 15.0 Å². The molecule has 2 aromatic heterocycles. The molecule has 0 amide bonds. The first kappa shape index (κ1) is 23.2. The van der Waals surface area contributed by atoms with E-state index in [2.05, 4.69) is 82.6 Å². The predicted octanol–water partition coefficient (Wildman–Crippen LogP) is 5.14. The van der Waals surface area contributed by atoms with E-state index >= 15 is 0 Å². The van der Waals surface area contributed by atoms with Crippen molar-refractivity contribution in [3.63, 3.8) is 0 Å². The third-order valence-corrected chi connectivity index (χ3v) is 7.06. The standard InChI is InChI=1S/C28H34N6O/c1-19-15-25(27(35-4)17-26(19)34-13-10-22(11-14-34)33(2)3)32-28-29-12-9-21(31-28)16-20-18-30-24-8-6-5-7-23(20)24/h5-9,12,15,17-18,22,30H,10-11,13-14,16H2,1-4H3,(H,29,31,32). The molecule has 3 heterocycles. The average Bonchev–Trinajstić information content (AvgIpc) is 3.27. The molecule has 0 bridgehead atoms. The highest BCUT2D eigenvalue weighted by molar-refractivity contribution is 5.83. The minimum atomic E-state index is 0.569. The lowest BCUT2D eigenvalue weighted by atomic mass is 10.0. The van der Waals surface area contributed by atoms with E-state index in [9.17, 15) is 0 Å². The second-order valence-electron chi connectivity index (χ2n) is 9.55. The van der Waals surface area contributed by atoms with Crippen LogP contribution in [0.3, 0.4) is 0 Å². The van der Waals surface area contributed by atoms with Crippen LogP contribution in [-0.4, -0.2) is 60.2 Å². The topological polar surface area (TPSA) is 69.3 Å². The smallest absolute Gasteiger partial charge is 0.227 e. The number of aromatic nitrogens is 3. The molecule has 2 aromatic carbocycles. The van der Waals surface area contributed by atoms with Crippen LogP contribution in [0.25, 0.3) is 10.9 Å². The van der Waals surface area contributed by atoms with Gasteiger partial charge in [-0.1, -0.05) is 18.2 Å². The number of anilines is 3. The normalized spacial score (nSPS) is 14.6. The Morgan fingerprint density at radius 2 is 1.94 bits per heavy atom. The fourth-order valence-electron chi connectivity index (χ4n) is 5.06. The van der Waals surface area contributed by atoms with Gasteiger partial charge in [0.05, 0.1) is 18.5 Å². The molecule has 0 saturated carbocycles. The number of rotatable bonds is 7. The van der Waals surface area contributed by atoms with E-state index in [4.69, 9.17) is 9.72 Å². The first-order chi connectivity index (χ1) is 17.0. The lowest BCUT2D eigenvalue weighted by molar-refractivity contribution is 0.249. The average molecular weight is 471 g/mol. The van der Waals surface area contributed by atoms with Gasteiger partial charge < -0.3 is 24.8 Å². The van der Waals surface area contributed by atoms with Crippen LogP contribution in [0.1, 0.15) is 29.7 Å². The van der Waals surface area contributed by atoms with Crippen molar-refractivity contribution in [2.75, 3.05) is 44.5 Å². The molecule has 1 aliphatic rings. The highest BCUT2D eigenvalue weighted by Crippen LogP contribution is 2.36. The van der Waals surface area contributed by atoms with Crippen molar-refractivity contribution >= 4 is 28.2 Å². The monoisotopic (exact) mass is 470 g/mol. The molecule has 0 atom stereocenters. The van der Waals surface area contributed by atoms with Gasteiger partial charge in [-0.25, -0.2) is 9.97 Å². The first-order valence-corrected chi connectivity index (χ1v) is 12.3. The van der Waals surface area contributed by atoms with Gasteiger partial charge in [0.1, 0.15) is 5.75 Å². The minimum Gasteiger partial charge on any atom is -0.494 e. The van der Waals surface area contributed by atoms with Gasteiger partial charge in [-0.3, -0.25) is 0 Å². The van der Waals surface area contributed by atoms with Crippen LogP contribution in [0.5, 0.6) is 5.75 Å². The van der Waals surface area contributed by atoms with Crippen molar-refractivity contribution < 1.29 is 4.74 Å². The lowest BCUT2D eigenvalue weighted by Crippen LogP contribution is -2.42. The van der Waals surface area contributed by atoms with Gasteiger partial charge >= 0.3 is 0 Å². The van der Waals surface area contributed by atoms with E-state index < -0.39 is 0 Å². The van der Waals surface area contributed by atoms with Crippen LogP contribution >= 0.6 is 0 Å². The van der Waals surface area contributed by atoms with Gasteiger partial charge in [0.2, 0.25) is 5.95 Å². The summed E-state index contributed by atoms with van der Waals surface area (Å²) >= 11 is 0. The Hall–Kier alpha value is -3.58. The summed E-state index contributed by atoms with van der Waals surface area (Å²) < 4.78 is 5.77. The van der Waals surface area contributed by atoms with Gasteiger partial charge in [-0.2, -0.15) is 0 Å². The summed E-state index contributed by atoms with van der Waals surface area (Å²) in [5.74, 6) is 1.37. The van der Waals surface area contributed by atoms with E-state index in [1.165, 1.54) is 35.0 Å². The number of benzene rings is 2. The molecule has 5 rings (SSSR count). The second-order valence-corrected chi connectivity index (χ2v) is 9.55. The number of H-pyrrole nitrogens is 1. The number of nitrogens with one attached hydrogen (secondary N) is 2. The summed E-state index contributed by atoms with van der Waals surface area (Å²) in [5, 5.41) is 4.62. The SMILES string of the molecule is COc1cc(N2CCC(N(C)C)CC2)c(C)cc1Nc1nccc(Cc2c[nH]c3ccccc23)n1. The fraction of sp³-hybridized carbons (Fsp3) is 0.357. The molecule has 1 saturated heterocycles. The number of hydrogen-bond donors (Lipinski definition) is 2. The van der Waals surface area contributed by atoms with E-state index in [-0.39, 0.29) is 0 Å². The third kappa shape index (κ3) is 4.95. The molecule has 2 N–H and O–H groups in total. The number of aromatic amines is 1. The van der Waals surface area contributed by atoms with Crippen LogP contribution in [-0.2, 0) is 6.42 Å². The number of hydrogen-bond acceptors (Lipinski definition) is 6. The molecule has 4 aromatic rings. The second kappa shape index (κ2) is 9.96. The molecule has 0 spiro atoms. The molecule has 7 heteroatoms. The summed E-state index contributed by atoms with van der Waals surface area (Å²) in [6.07, 6.45) is 6.95. The van der Waals surface area contributed by atoms with Crippen molar-refractivity contribution in [3.05, 3.63) is 71.7 Å². The molecule has 35 heavy (non-hydrogen) atoms. The Labute approximate surface area is 207 Å². The van der Waals surface area contributed by atoms with E-state index in [1.54, 1.807) is 7.11 Å². The van der Waals surface area contributed by atoms with Crippen molar-refractivity contribution in [2.24, 2.45) is 0 Å². The fourth-order valence-corrected chi connectivity index (χ4v) is 5.06. The quantitative estimate of drug-likeness (QED) is 0.390. The van der Waals surface area contributed by atoms with Crippen molar-refractivity contribution in [1.82, 2.24) is 19.9 Å². The zero-order chi connectivity index (χ0) is 24.4. The van der Waals surface area contributed by atoms with Gasteiger partial charge in [0, 0.05) is 60.6 Å². The highest BCUT2D eigenvalue weighted by Gasteiger charge is 2.23. The van der Waals surface area contributed by atoms with Gasteiger partial charge in [-0.15, -0.1) is 0 Å². The summed E-state index contributed by atoms with van der Waals surface area (Å²) in [6, 6.07) is 15.2. The third-order valence-electron chi connectivity index (χ3n) is 7.06. The van der Waals surface area contributed by atoms with E-state index in [1.807, 2.05) is 18.3 Å². The maximum absolute atomic E-state index is 5.77. The molecule has 1 aliphatic heterocycles. The molecule has 1 fully saturated rings. The Balaban J connectivity index is 1.34. The number of nitrogens with zero attached hydrogens (tertiary/aromatic N) is 4. The van der Waals surface area contributed by atoms with Crippen LogP contribution in [0.15, 0.2) is 54.9 Å². The number of methoxy groups -OCH3 is 1. The zero-order valence-corrected chi connectivity index (χ0v) is 21.0. The first-order valence-electron chi connectivity index (χ1n) is 12.3. The summed E-state index contributed by atoms with van der Waals surface area (Å²) in [6.45, 7) is 4.27. The Bertz CT molecular complexity index is 1310. The number of aryl methyl sites for hydroxylation is 1. The largest absolute Gasteiger partial charge is 0.494 e. The molecule has 0 radical (unpaired) electrons. The van der Waals surface area contributed by atoms with E-state index in [0.29, 0.717) is 12.0 Å². The van der Waals surface area contributed by atoms with Crippen LogP contribution in [0.2, 0.25) is 0 Å². The number of piperidine rings is 1. The van der Waals surface area contributed by atoms with Crippen molar-refractivity contribution in [1.29, 1.82) is 0 Å². The predicted molar refractivity (Wildman–Crippen MR) is 143 cm³/mol. The Morgan fingerprint density at radius 1 is 1.14 bits per heavy atom. The Kier molecular flexibility index (Phi) is 6.59. The number of ether oxygens (including phenoxy) is 1. The van der Waals surface area contributed by atoms with Crippen molar-refractivity contribution in [2.45, 2.75) is 32.2 Å². The lowest BCUT2D eigenvalue weighted by Gasteiger charge is -2.37. The molecule has 7 nitrogen and oxygen atoms in total. The molecular weight excluding hydrogens is 436 g/mol. The van der Waals surface area contributed by atoms with Gasteiger partial charge in [0.25, 0.3) is 0 Å².